The Morgan fingerprint density at radius 2 is 1.96 bits per heavy atom. The second kappa shape index (κ2) is 6.17. The standard InChI is InChI=1S/C20H22ClN7/c1-5-27-18(17-6-11(2)20-22-9-12(3)28(20)25-17)8-16(24-27)14-7-13(14)15-10-23-26(4)19(15)21/h6,8-10,13-14H,5,7H2,1-4H3. The van der Waals surface area contributed by atoms with Crippen LogP contribution in [0.3, 0.4) is 0 Å². The first-order chi connectivity index (χ1) is 13.5. The average Bonchev–Trinajstić information content (AvgIpc) is 3.02. The SMILES string of the molecule is CCn1nc(C2CC2c2cnn(C)c2Cl)cc1-c1cc(C)c2ncc(C)n2n1. The first kappa shape index (κ1) is 17.4. The Hall–Kier alpha value is -2.67. The zero-order valence-corrected chi connectivity index (χ0v) is 17.1. The van der Waals surface area contributed by atoms with Gasteiger partial charge in [-0.2, -0.15) is 15.3 Å². The molecule has 1 fully saturated rings. The fourth-order valence-corrected chi connectivity index (χ4v) is 4.21. The number of imidazole rings is 1. The fourth-order valence-electron chi connectivity index (χ4n) is 3.98. The minimum Gasteiger partial charge on any atom is -0.263 e. The van der Waals surface area contributed by atoms with E-state index in [9.17, 15) is 0 Å². The van der Waals surface area contributed by atoms with E-state index in [4.69, 9.17) is 21.8 Å². The third kappa shape index (κ3) is 2.57. The van der Waals surface area contributed by atoms with Gasteiger partial charge in [0, 0.05) is 25.1 Å². The number of hydrogen-bond donors (Lipinski definition) is 0. The van der Waals surface area contributed by atoms with Crippen molar-refractivity contribution in [2.24, 2.45) is 7.05 Å². The summed E-state index contributed by atoms with van der Waals surface area (Å²) in [4.78, 5) is 4.45. The lowest BCUT2D eigenvalue weighted by atomic mass is 10.1. The number of hydrogen-bond acceptors (Lipinski definition) is 4. The van der Waals surface area contributed by atoms with Crippen LogP contribution < -0.4 is 0 Å². The number of halogens is 1. The van der Waals surface area contributed by atoms with Gasteiger partial charge in [0.15, 0.2) is 5.65 Å². The van der Waals surface area contributed by atoms with Gasteiger partial charge >= 0.3 is 0 Å². The minimum atomic E-state index is 0.382. The molecule has 0 spiro atoms. The predicted molar refractivity (Wildman–Crippen MR) is 108 cm³/mol. The molecule has 144 valence electrons. The van der Waals surface area contributed by atoms with Crippen molar-refractivity contribution in [3.8, 4) is 11.4 Å². The monoisotopic (exact) mass is 395 g/mol. The van der Waals surface area contributed by atoms with Crippen molar-refractivity contribution >= 4 is 17.2 Å². The molecule has 28 heavy (non-hydrogen) atoms. The average molecular weight is 396 g/mol. The third-order valence-electron chi connectivity index (χ3n) is 5.65. The Bertz CT molecular complexity index is 1200. The molecule has 1 aliphatic rings. The van der Waals surface area contributed by atoms with Crippen LogP contribution in [0.4, 0.5) is 0 Å². The Morgan fingerprint density at radius 1 is 1.14 bits per heavy atom. The molecule has 0 N–H and O–H groups in total. The Balaban J connectivity index is 1.53. The van der Waals surface area contributed by atoms with Crippen molar-refractivity contribution in [3.63, 3.8) is 0 Å². The van der Waals surface area contributed by atoms with Crippen LogP contribution in [0.1, 0.15) is 47.7 Å². The van der Waals surface area contributed by atoms with E-state index in [1.54, 1.807) is 4.68 Å². The smallest absolute Gasteiger partial charge is 0.156 e. The summed E-state index contributed by atoms with van der Waals surface area (Å²) >= 11 is 6.39. The number of nitrogens with zero attached hydrogens (tertiary/aromatic N) is 7. The maximum absolute atomic E-state index is 6.39. The van der Waals surface area contributed by atoms with E-state index in [1.165, 1.54) is 0 Å². The first-order valence-corrected chi connectivity index (χ1v) is 9.93. The quantitative estimate of drug-likeness (QED) is 0.525. The summed E-state index contributed by atoms with van der Waals surface area (Å²) in [6, 6.07) is 4.27. The minimum absolute atomic E-state index is 0.382. The number of fused-ring (bicyclic) bond motifs is 1. The summed E-state index contributed by atoms with van der Waals surface area (Å²) in [6.45, 7) is 6.99. The van der Waals surface area contributed by atoms with Gasteiger partial charge in [0.25, 0.3) is 0 Å². The summed E-state index contributed by atoms with van der Waals surface area (Å²) in [6.07, 6.45) is 4.79. The molecule has 8 heteroatoms. The van der Waals surface area contributed by atoms with Crippen molar-refractivity contribution in [3.05, 3.63) is 52.2 Å². The lowest BCUT2D eigenvalue weighted by molar-refractivity contribution is 0.650. The molecular formula is C20H22ClN7. The molecule has 4 heterocycles. The molecule has 0 amide bonds. The van der Waals surface area contributed by atoms with Crippen LogP contribution in [-0.2, 0) is 13.6 Å². The van der Waals surface area contributed by atoms with E-state index in [1.807, 2.05) is 35.6 Å². The zero-order valence-electron chi connectivity index (χ0n) is 16.4. The molecular weight excluding hydrogens is 374 g/mol. The molecule has 0 saturated heterocycles. The molecule has 2 atom stereocenters. The van der Waals surface area contributed by atoms with Crippen LogP contribution in [0.15, 0.2) is 24.5 Å². The highest BCUT2D eigenvalue weighted by atomic mass is 35.5. The van der Waals surface area contributed by atoms with E-state index in [-0.39, 0.29) is 0 Å². The molecule has 5 rings (SSSR count). The maximum Gasteiger partial charge on any atom is 0.156 e. The number of aryl methyl sites for hydroxylation is 4. The molecule has 0 radical (unpaired) electrons. The van der Waals surface area contributed by atoms with Crippen molar-refractivity contribution in [1.82, 2.24) is 34.2 Å². The predicted octanol–water partition coefficient (Wildman–Crippen LogP) is 3.89. The fraction of sp³-hybridized carbons (Fsp3) is 0.400. The van der Waals surface area contributed by atoms with Crippen molar-refractivity contribution in [1.29, 1.82) is 0 Å². The zero-order chi connectivity index (χ0) is 19.6. The number of aromatic nitrogens is 7. The van der Waals surface area contributed by atoms with Crippen LogP contribution in [-0.4, -0.2) is 34.2 Å². The second-order valence-electron chi connectivity index (χ2n) is 7.58. The molecule has 1 aliphatic carbocycles. The Morgan fingerprint density at radius 3 is 2.68 bits per heavy atom. The summed E-state index contributed by atoms with van der Waals surface area (Å²) in [5.74, 6) is 0.774. The van der Waals surface area contributed by atoms with Crippen LogP contribution >= 0.6 is 11.6 Å². The molecule has 0 aromatic carbocycles. The van der Waals surface area contributed by atoms with Crippen LogP contribution in [0.25, 0.3) is 17.0 Å². The molecule has 1 saturated carbocycles. The second-order valence-corrected chi connectivity index (χ2v) is 7.94. The van der Waals surface area contributed by atoms with Gasteiger partial charge in [-0.15, -0.1) is 0 Å². The molecule has 0 bridgehead atoms. The van der Waals surface area contributed by atoms with Gasteiger partial charge < -0.3 is 0 Å². The van der Waals surface area contributed by atoms with Crippen LogP contribution in [0.2, 0.25) is 5.15 Å². The van der Waals surface area contributed by atoms with Gasteiger partial charge in [0.1, 0.15) is 10.8 Å². The Kier molecular flexibility index (Phi) is 3.84. The van der Waals surface area contributed by atoms with Gasteiger partial charge in [0.2, 0.25) is 0 Å². The summed E-state index contributed by atoms with van der Waals surface area (Å²) < 4.78 is 5.67. The van der Waals surface area contributed by atoms with Crippen LogP contribution in [0, 0.1) is 13.8 Å². The Labute approximate surface area is 168 Å². The highest BCUT2D eigenvalue weighted by Crippen LogP contribution is 2.55. The van der Waals surface area contributed by atoms with Gasteiger partial charge in [-0.05, 0) is 50.8 Å². The van der Waals surface area contributed by atoms with Crippen LogP contribution in [0.5, 0.6) is 0 Å². The van der Waals surface area contributed by atoms with E-state index in [0.717, 1.165) is 57.7 Å². The van der Waals surface area contributed by atoms with Gasteiger partial charge in [-0.1, -0.05) is 11.6 Å². The van der Waals surface area contributed by atoms with E-state index < -0.39 is 0 Å². The van der Waals surface area contributed by atoms with E-state index in [0.29, 0.717) is 11.8 Å². The third-order valence-corrected chi connectivity index (χ3v) is 6.11. The van der Waals surface area contributed by atoms with E-state index >= 15 is 0 Å². The summed E-state index contributed by atoms with van der Waals surface area (Å²) in [7, 11) is 1.87. The normalized spacial score (nSPS) is 18.9. The summed E-state index contributed by atoms with van der Waals surface area (Å²) in [5, 5.41) is 14.7. The lowest BCUT2D eigenvalue weighted by Gasteiger charge is -2.07. The van der Waals surface area contributed by atoms with Gasteiger partial charge in [-0.3, -0.25) is 9.36 Å². The van der Waals surface area contributed by atoms with Crippen molar-refractivity contribution in [2.75, 3.05) is 0 Å². The highest BCUT2D eigenvalue weighted by molar-refractivity contribution is 6.30. The topological polar surface area (TPSA) is 65.8 Å². The highest BCUT2D eigenvalue weighted by Gasteiger charge is 2.43. The van der Waals surface area contributed by atoms with Gasteiger partial charge in [-0.25, -0.2) is 9.50 Å². The molecule has 4 aromatic rings. The maximum atomic E-state index is 6.39. The van der Waals surface area contributed by atoms with Crippen molar-refractivity contribution in [2.45, 2.75) is 45.6 Å². The molecule has 0 aliphatic heterocycles. The molecule has 4 aromatic heterocycles. The first-order valence-electron chi connectivity index (χ1n) is 9.55. The lowest BCUT2D eigenvalue weighted by Crippen LogP contribution is -2.04. The van der Waals surface area contributed by atoms with E-state index in [2.05, 4.69) is 36.1 Å². The molecule has 2 unspecified atom stereocenters. The largest absolute Gasteiger partial charge is 0.263 e. The van der Waals surface area contributed by atoms with Crippen molar-refractivity contribution < 1.29 is 0 Å². The van der Waals surface area contributed by atoms with Gasteiger partial charge in [0.05, 0.1) is 29.5 Å². The molecule has 7 nitrogen and oxygen atoms in total. The number of rotatable bonds is 4. The summed E-state index contributed by atoms with van der Waals surface area (Å²) in [5.41, 5.74) is 7.21.